The molecule has 1 aromatic rings. The molecule has 3 atom stereocenters. The number of rotatable bonds is 5. The molecule has 0 bridgehead atoms. The standard InChI is InChI=1S/C17H20BrNO3/c1-2-22-15(20)13-9-17(7-6-14(13)17)16(21)19-10-11-4-3-5-12(18)8-11/h3-5,8,13-14H,2,6-7,9-10H2,1H3,(H,19,21)/t13-,14?,17+/m0/s1. The van der Waals surface area contributed by atoms with Gasteiger partial charge in [-0.3, -0.25) is 9.59 Å². The summed E-state index contributed by atoms with van der Waals surface area (Å²) in [5, 5.41) is 3.03. The second kappa shape index (κ2) is 6.03. The van der Waals surface area contributed by atoms with Crippen molar-refractivity contribution < 1.29 is 14.3 Å². The molecule has 2 saturated carbocycles. The molecule has 22 heavy (non-hydrogen) atoms. The summed E-state index contributed by atoms with van der Waals surface area (Å²) in [4.78, 5) is 24.4. The minimum atomic E-state index is -0.316. The Morgan fingerprint density at radius 2 is 2.27 bits per heavy atom. The Morgan fingerprint density at radius 3 is 2.86 bits per heavy atom. The number of hydrogen-bond acceptors (Lipinski definition) is 3. The number of carbonyl (C=O) groups excluding carboxylic acids is 2. The van der Waals surface area contributed by atoms with E-state index in [1.807, 2.05) is 31.2 Å². The molecule has 5 heteroatoms. The third-order valence-electron chi connectivity index (χ3n) is 5.06. The first kappa shape index (κ1) is 15.5. The summed E-state index contributed by atoms with van der Waals surface area (Å²) in [6.07, 6.45) is 2.48. The van der Waals surface area contributed by atoms with Gasteiger partial charge >= 0.3 is 5.97 Å². The highest BCUT2D eigenvalue weighted by Crippen LogP contribution is 2.64. The number of amides is 1. The van der Waals surface area contributed by atoms with Crippen molar-refractivity contribution >= 4 is 27.8 Å². The number of benzene rings is 1. The van der Waals surface area contributed by atoms with Crippen molar-refractivity contribution in [2.24, 2.45) is 17.3 Å². The van der Waals surface area contributed by atoms with Crippen LogP contribution in [-0.2, 0) is 20.9 Å². The summed E-state index contributed by atoms with van der Waals surface area (Å²) in [6, 6.07) is 7.90. The summed E-state index contributed by atoms with van der Waals surface area (Å²) in [6.45, 7) is 2.75. The van der Waals surface area contributed by atoms with Crippen LogP contribution >= 0.6 is 15.9 Å². The first-order chi connectivity index (χ1) is 10.6. The zero-order valence-electron chi connectivity index (χ0n) is 12.6. The fraction of sp³-hybridized carbons (Fsp3) is 0.529. The van der Waals surface area contributed by atoms with Gasteiger partial charge in [-0.1, -0.05) is 28.1 Å². The highest BCUT2D eigenvalue weighted by atomic mass is 79.9. The molecule has 1 N–H and O–H groups in total. The maximum atomic E-state index is 12.5. The number of ether oxygens (including phenoxy) is 1. The highest BCUT2D eigenvalue weighted by Gasteiger charge is 2.66. The van der Waals surface area contributed by atoms with Crippen LogP contribution in [-0.4, -0.2) is 18.5 Å². The third-order valence-corrected chi connectivity index (χ3v) is 5.56. The van der Waals surface area contributed by atoms with E-state index < -0.39 is 0 Å². The number of nitrogens with one attached hydrogen (secondary N) is 1. The van der Waals surface area contributed by atoms with Gasteiger partial charge in [0.2, 0.25) is 5.91 Å². The van der Waals surface area contributed by atoms with Crippen molar-refractivity contribution in [3.8, 4) is 0 Å². The monoisotopic (exact) mass is 365 g/mol. The van der Waals surface area contributed by atoms with Gasteiger partial charge in [-0.25, -0.2) is 0 Å². The highest BCUT2D eigenvalue weighted by molar-refractivity contribution is 9.10. The summed E-state index contributed by atoms with van der Waals surface area (Å²) >= 11 is 3.43. The number of esters is 1. The SMILES string of the molecule is CCOC(=O)[C@H]1C[C@]2(C(=O)NCc3cccc(Br)c3)CCC12. The van der Waals surface area contributed by atoms with Crippen LogP contribution in [0.1, 0.15) is 31.7 Å². The summed E-state index contributed by atoms with van der Waals surface area (Å²) < 4.78 is 6.09. The van der Waals surface area contributed by atoms with Gasteiger partial charge in [0.05, 0.1) is 17.9 Å². The molecule has 2 aliphatic rings. The summed E-state index contributed by atoms with van der Waals surface area (Å²) in [5.74, 6) is 0.0475. The fourth-order valence-electron chi connectivity index (χ4n) is 3.75. The first-order valence-corrected chi connectivity index (χ1v) is 8.55. The Kier molecular flexibility index (Phi) is 4.26. The number of halogens is 1. The molecule has 2 aliphatic carbocycles. The number of hydrogen-bond donors (Lipinski definition) is 1. The Balaban J connectivity index is 1.56. The average Bonchev–Trinajstić information content (AvgIpc) is 2.48. The molecule has 1 aromatic carbocycles. The van der Waals surface area contributed by atoms with E-state index in [0.29, 0.717) is 19.6 Å². The lowest BCUT2D eigenvalue weighted by atomic mass is 9.42. The van der Waals surface area contributed by atoms with Crippen molar-refractivity contribution in [3.05, 3.63) is 34.3 Å². The Labute approximate surface area is 138 Å². The van der Waals surface area contributed by atoms with Gasteiger partial charge in [0.15, 0.2) is 0 Å². The molecule has 118 valence electrons. The van der Waals surface area contributed by atoms with Crippen LogP contribution < -0.4 is 5.32 Å². The van der Waals surface area contributed by atoms with Crippen LogP contribution in [0.3, 0.4) is 0 Å². The van der Waals surface area contributed by atoms with Crippen molar-refractivity contribution in [1.29, 1.82) is 0 Å². The van der Waals surface area contributed by atoms with Gasteiger partial charge in [-0.15, -0.1) is 0 Å². The second-order valence-corrected chi connectivity index (χ2v) is 7.09. The minimum Gasteiger partial charge on any atom is -0.466 e. The second-order valence-electron chi connectivity index (χ2n) is 6.18. The summed E-state index contributed by atoms with van der Waals surface area (Å²) in [7, 11) is 0. The van der Waals surface area contributed by atoms with E-state index >= 15 is 0 Å². The molecule has 0 spiro atoms. The molecule has 1 unspecified atom stereocenters. The van der Waals surface area contributed by atoms with Crippen molar-refractivity contribution in [2.45, 2.75) is 32.7 Å². The topological polar surface area (TPSA) is 55.4 Å². The summed E-state index contributed by atoms with van der Waals surface area (Å²) in [5.41, 5.74) is 0.750. The first-order valence-electron chi connectivity index (χ1n) is 7.76. The maximum Gasteiger partial charge on any atom is 0.309 e. The molecule has 3 rings (SSSR count). The molecule has 4 nitrogen and oxygen atoms in total. The number of fused-ring (bicyclic) bond motifs is 1. The van der Waals surface area contributed by atoms with E-state index in [2.05, 4.69) is 21.2 Å². The third kappa shape index (κ3) is 2.56. The smallest absolute Gasteiger partial charge is 0.309 e. The van der Waals surface area contributed by atoms with E-state index in [0.717, 1.165) is 22.9 Å². The van der Waals surface area contributed by atoms with E-state index in [9.17, 15) is 9.59 Å². The van der Waals surface area contributed by atoms with Crippen LogP contribution in [0.5, 0.6) is 0 Å². The van der Waals surface area contributed by atoms with Gasteiger partial charge in [0, 0.05) is 11.0 Å². The molecule has 1 amide bonds. The molecular formula is C17H20BrNO3. The molecule has 2 fully saturated rings. The largest absolute Gasteiger partial charge is 0.466 e. The Bertz CT molecular complexity index is 603. The van der Waals surface area contributed by atoms with Gasteiger partial charge in [0.1, 0.15) is 0 Å². The zero-order valence-corrected chi connectivity index (χ0v) is 14.2. The predicted molar refractivity (Wildman–Crippen MR) is 85.9 cm³/mol. The predicted octanol–water partition coefficient (Wildman–Crippen LogP) is 3.04. The van der Waals surface area contributed by atoms with Gasteiger partial charge in [0.25, 0.3) is 0 Å². The van der Waals surface area contributed by atoms with Gasteiger partial charge in [-0.2, -0.15) is 0 Å². The van der Waals surface area contributed by atoms with Crippen LogP contribution in [0.2, 0.25) is 0 Å². The Hall–Kier alpha value is -1.36. The maximum absolute atomic E-state index is 12.5. The van der Waals surface area contributed by atoms with Gasteiger partial charge in [-0.05, 0) is 49.8 Å². The lowest BCUT2D eigenvalue weighted by molar-refractivity contribution is -0.190. The van der Waals surface area contributed by atoms with E-state index in [4.69, 9.17) is 4.74 Å². The van der Waals surface area contributed by atoms with Crippen LogP contribution in [0, 0.1) is 17.3 Å². The molecule has 0 saturated heterocycles. The molecule has 0 heterocycles. The van der Waals surface area contributed by atoms with E-state index in [-0.39, 0.29) is 29.1 Å². The van der Waals surface area contributed by atoms with E-state index in [1.54, 1.807) is 0 Å². The van der Waals surface area contributed by atoms with Crippen molar-refractivity contribution in [2.75, 3.05) is 6.61 Å². The fourth-order valence-corrected chi connectivity index (χ4v) is 4.20. The Morgan fingerprint density at radius 1 is 1.45 bits per heavy atom. The molecule has 0 radical (unpaired) electrons. The van der Waals surface area contributed by atoms with Crippen LogP contribution in [0.4, 0.5) is 0 Å². The molecule has 0 aromatic heterocycles. The number of carbonyl (C=O) groups is 2. The normalized spacial score (nSPS) is 28.8. The van der Waals surface area contributed by atoms with Crippen LogP contribution in [0.15, 0.2) is 28.7 Å². The molecule has 0 aliphatic heterocycles. The zero-order chi connectivity index (χ0) is 15.7. The lowest BCUT2D eigenvalue weighted by Crippen LogP contribution is -2.64. The minimum absolute atomic E-state index is 0.0784. The van der Waals surface area contributed by atoms with Crippen LogP contribution in [0.25, 0.3) is 0 Å². The average molecular weight is 366 g/mol. The van der Waals surface area contributed by atoms with Gasteiger partial charge < -0.3 is 10.1 Å². The molecular weight excluding hydrogens is 346 g/mol. The quantitative estimate of drug-likeness (QED) is 0.815. The van der Waals surface area contributed by atoms with Crippen molar-refractivity contribution in [3.63, 3.8) is 0 Å². The van der Waals surface area contributed by atoms with E-state index in [1.165, 1.54) is 0 Å². The van der Waals surface area contributed by atoms with Crippen molar-refractivity contribution in [1.82, 2.24) is 5.32 Å². The lowest BCUT2D eigenvalue weighted by Gasteiger charge is -2.60.